The Bertz CT molecular complexity index is 1980. The number of benzene rings is 6. The summed E-state index contributed by atoms with van der Waals surface area (Å²) in [5.41, 5.74) is 10.7. The van der Waals surface area contributed by atoms with Gasteiger partial charge >= 0.3 is 0 Å². The molecule has 0 aliphatic heterocycles. The van der Waals surface area contributed by atoms with Crippen LogP contribution >= 0.6 is 0 Å². The molecular weight excluding hydrogens is 556 g/mol. The molecular formula is C44H40N2. The van der Waals surface area contributed by atoms with Crippen LogP contribution in [0.1, 0.15) is 25.0 Å². The first kappa shape index (κ1) is 30.4. The quantitative estimate of drug-likeness (QED) is 0.145. The Hall–Kier alpha value is -5.60. The van der Waals surface area contributed by atoms with Gasteiger partial charge in [0.1, 0.15) is 0 Å². The number of hydrogen-bond acceptors (Lipinski definition) is 2. The molecule has 0 saturated heterocycles. The molecule has 0 aromatic heterocycles. The van der Waals surface area contributed by atoms with Crippen LogP contribution < -0.4 is 9.80 Å². The van der Waals surface area contributed by atoms with E-state index in [1.807, 2.05) is 6.92 Å². The van der Waals surface area contributed by atoms with Crippen LogP contribution in [0.5, 0.6) is 0 Å². The molecule has 0 bridgehead atoms. The second kappa shape index (κ2) is 14.5. The van der Waals surface area contributed by atoms with E-state index in [1.54, 1.807) is 0 Å². The van der Waals surface area contributed by atoms with E-state index in [4.69, 9.17) is 0 Å². The zero-order valence-corrected chi connectivity index (χ0v) is 26.8. The molecule has 0 aliphatic rings. The molecule has 0 N–H and O–H groups in total. The molecule has 46 heavy (non-hydrogen) atoms. The zero-order chi connectivity index (χ0) is 31.7. The topological polar surface area (TPSA) is 6.48 Å². The summed E-state index contributed by atoms with van der Waals surface area (Å²) in [6.45, 7) is 7.08. The lowest BCUT2D eigenvalue weighted by Crippen LogP contribution is -2.17. The van der Waals surface area contributed by atoms with Crippen LogP contribution in [0.3, 0.4) is 0 Å². The Morgan fingerprint density at radius 1 is 0.522 bits per heavy atom. The van der Waals surface area contributed by atoms with E-state index in [0.29, 0.717) is 0 Å². The molecule has 0 spiro atoms. The van der Waals surface area contributed by atoms with Crippen LogP contribution in [0.25, 0.3) is 28.0 Å². The van der Waals surface area contributed by atoms with Crippen LogP contribution in [0, 0.1) is 6.92 Å². The molecule has 0 heterocycles. The Labute approximate surface area is 273 Å². The minimum Gasteiger partial charge on any atom is -0.337 e. The van der Waals surface area contributed by atoms with E-state index in [2.05, 4.69) is 200 Å². The monoisotopic (exact) mass is 596 g/mol. The van der Waals surface area contributed by atoms with Crippen molar-refractivity contribution in [2.24, 2.45) is 0 Å². The number of para-hydroxylation sites is 1. The molecule has 0 unspecified atom stereocenters. The van der Waals surface area contributed by atoms with Crippen molar-refractivity contribution in [1.82, 2.24) is 0 Å². The standard InChI is InChI=1S/C44H40N2/c1-4-6-7-13-33-45(44-24-15-19-38-17-11-12-22-42(38)44)39-29-25-36(26-30-39)37-27-31-41(32-28-37)46(40-20-9-8-10-21-40)43-23-14-18-35(16-5-2)34(43)3/h4-32H,33H2,1-3H3/b6-4-,13-7-,16-5-. The van der Waals surface area contributed by atoms with Gasteiger partial charge in [0.25, 0.3) is 0 Å². The first-order chi connectivity index (χ1) is 22.7. The second-order valence-corrected chi connectivity index (χ2v) is 11.3. The summed E-state index contributed by atoms with van der Waals surface area (Å²) in [5.74, 6) is 0. The number of allylic oxidation sites excluding steroid dienone is 4. The fraction of sp³-hybridized carbons (Fsp3) is 0.0909. The third kappa shape index (κ3) is 6.57. The third-order valence-corrected chi connectivity index (χ3v) is 8.37. The summed E-state index contributed by atoms with van der Waals surface area (Å²) < 4.78 is 0. The predicted octanol–water partition coefficient (Wildman–Crippen LogP) is 12.6. The predicted molar refractivity (Wildman–Crippen MR) is 201 cm³/mol. The van der Waals surface area contributed by atoms with E-state index in [-0.39, 0.29) is 0 Å². The van der Waals surface area contributed by atoms with Crippen molar-refractivity contribution in [3.8, 4) is 11.1 Å². The molecule has 2 nitrogen and oxygen atoms in total. The van der Waals surface area contributed by atoms with Gasteiger partial charge in [-0.1, -0.05) is 127 Å². The van der Waals surface area contributed by atoms with Crippen molar-refractivity contribution >= 4 is 45.3 Å². The van der Waals surface area contributed by atoms with E-state index in [9.17, 15) is 0 Å². The van der Waals surface area contributed by atoms with E-state index >= 15 is 0 Å². The Morgan fingerprint density at radius 3 is 1.85 bits per heavy atom. The largest absolute Gasteiger partial charge is 0.337 e. The fourth-order valence-corrected chi connectivity index (χ4v) is 6.03. The number of anilines is 5. The van der Waals surface area contributed by atoms with Crippen molar-refractivity contribution in [3.63, 3.8) is 0 Å². The maximum absolute atomic E-state index is 2.39. The summed E-state index contributed by atoms with van der Waals surface area (Å²) in [4.78, 5) is 4.73. The molecule has 2 heteroatoms. The van der Waals surface area contributed by atoms with Crippen LogP contribution in [0.4, 0.5) is 28.4 Å². The van der Waals surface area contributed by atoms with Gasteiger partial charge in [-0.05, 0) is 96.9 Å². The summed E-state index contributed by atoms with van der Waals surface area (Å²) in [5, 5.41) is 2.49. The molecule has 6 aromatic rings. The highest BCUT2D eigenvalue weighted by molar-refractivity contribution is 5.96. The van der Waals surface area contributed by atoms with Gasteiger partial charge in [0.05, 0.1) is 0 Å². The van der Waals surface area contributed by atoms with Gasteiger partial charge in [-0.2, -0.15) is 0 Å². The van der Waals surface area contributed by atoms with Crippen LogP contribution in [0.2, 0.25) is 0 Å². The van der Waals surface area contributed by atoms with Gasteiger partial charge in [-0.15, -0.1) is 0 Å². The maximum Gasteiger partial charge on any atom is 0.0496 e. The molecule has 0 amide bonds. The van der Waals surface area contributed by atoms with Crippen LogP contribution in [0.15, 0.2) is 170 Å². The van der Waals surface area contributed by atoms with Crippen LogP contribution in [-0.4, -0.2) is 6.54 Å². The number of hydrogen-bond donors (Lipinski definition) is 0. The number of fused-ring (bicyclic) bond motifs is 1. The van der Waals surface area contributed by atoms with Crippen molar-refractivity contribution in [2.45, 2.75) is 20.8 Å². The molecule has 0 atom stereocenters. The summed E-state index contributed by atoms with van der Waals surface area (Å²) >= 11 is 0. The minimum atomic E-state index is 0.774. The van der Waals surface area contributed by atoms with E-state index < -0.39 is 0 Å². The third-order valence-electron chi connectivity index (χ3n) is 8.37. The zero-order valence-electron chi connectivity index (χ0n) is 26.8. The first-order valence-electron chi connectivity index (χ1n) is 16.0. The summed E-state index contributed by atoms with van der Waals surface area (Å²) in [6.07, 6.45) is 12.7. The molecule has 0 fully saturated rings. The highest BCUT2D eigenvalue weighted by atomic mass is 15.1. The highest BCUT2D eigenvalue weighted by Gasteiger charge is 2.16. The first-order valence-corrected chi connectivity index (χ1v) is 16.0. The normalized spacial score (nSPS) is 11.6. The molecule has 0 radical (unpaired) electrons. The maximum atomic E-state index is 2.39. The summed E-state index contributed by atoms with van der Waals surface area (Å²) in [6, 6.07) is 50.1. The van der Waals surface area contributed by atoms with Gasteiger partial charge in [-0.25, -0.2) is 0 Å². The lowest BCUT2D eigenvalue weighted by molar-refractivity contribution is 1.10. The second-order valence-electron chi connectivity index (χ2n) is 11.3. The summed E-state index contributed by atoms with van der Waals surface area (Å²) in [7, 11) is 0. The van der Waals surface area contributed by atoms with Gasteiger partial charge in [0.15, 0.2) is 0 Å². The number of nitrogens with zero attached hydrogens (tertiary/aromatic N) is 2. The SMILES string of the molecule is C/C=C\C=C/CN(c1ccc(-c2ccc(N(c3ccccc3)c3cccc(/C=C\C)c3C)cc2)cc1)c1cccc2ccccc12. The van der Waals surface area contributed by atoms with Gasteiger partial charge in [0, 0.05) is 40.4 Å². The van der Waals surface area contributed by atoms with Crippen molar-refractivity contribution in [1.29, 1.82) is 0 Å². The van der Waals surface area contributed by atoms with Crippen molar-refractivity contribution < 1.29 is 0 Å². The Balaban J connectivity index is 1.33. The van der Waals surface area contributed by atoms with Gasteiger partial charge in [0.2, 0.25) is 0 Å². The van der Waals surface area contributed by atoms with E-state index in [1.165, 1.54) is 44.4 Å². The van der Waals surface area contributed by atoms with Gasteiger partial charge in [-0.3, -0.25) is 0 Å². The Kier molecular flexibility index (Phi) is 9.56. The smallest absolute Gasteiger partial charge is 0.0496 e. The highest BCUT2D eigenvalue weighted by Crippen LogP contribution is 2.39. The van der Waals surface area contributed by atoms with Crippen molar-refractivity contribution in [2.75, 3.05) is 16.3 Å². The number of rotatable bonds is 10. The molecule has 226 valence electrons. The molecule has 0 saturated carbocycles. The Morgan fingerprint density at radius 2 is 1.13 bits per heavy atom. The fourth-order valence-electron chi connectivity index (χ4n) is 6.03. The molecule has 6 aromatic carbocycles. The molecule has 6 rings (SSSR count). The van der Waals surface area contributed by atoms with Gasteiger partial charge < -0.3 is 9.80 Å². The van der Waals surface area contributed by atoms with Crippen LogP contribution in [-0.2, 0) is 0 Å². The van der Waals surface area contributed by atoms with Crippen molar-refractivity contribution in [3.05, 3.63) is 181 Å². The average Bonchev–Trinajstić information content (AvgIpc) is 3.11. The molecule has 0 aliphatic carbocycles. The minimum absolute atomic E-state index is 0.774. The van der Waals surface area contributed by atoms with E-state index in [0.717, 1.165) is 23.6 Å². The average molecular weight is 597 g/mol. The lowest BCUT2D eigenvalue weighted by atomic mass is 10.0. The lowest BCUT2D eigenvalue weighted by Gasteiger charge is -2.28.